The maximum absolute atomic E-state index is 5.00. The second kappa shape index (κ2) is 2.81. The first-order valence-electron chi connectivity index (χ1n) is 3.54. The first-order valence-corrected chi connectivity index (χ1v) is 4.42. The minimum Gasteiger partial charge on any atom is -0.473 e. The van der Waals surface area contributed by atoms with Gasteiger partial charge in [0.2, 0.25) is 0 Å². The van der Waals surface area contributed by atoms with Crippen molar-refractivity contribution in [2.75, 3.05) is 7.11 Å². The minimum absolute atomic E-state index is 0.132. The van der Waals surface area contributed by atoms with E-state index < -0.39 is 0 Å². The van der Waals surface area contributed by atoms with Gasteiger partial charge in [0.05, 0.1) is 12.8 Å². The Labute approximate surface area is 71.2 Å². The molecule has 3 heteroatoms. The highest BCUT2D eigenvalue weighted by Crippen LogP contribution is 2.27. The molecule has 0 aromatic carbocycles. The fraction of sp³-hybridized carbons (Fsp3) is 0.625. The van der Waals surface area contributed by atoms with E-state index in [1.165, 1.54) is 0 Å². The fourth-order valence-corrected chi connectivity index (χ4v) is 1.56. The van der Waals surface area contributed by atoms with Gasteiger partial charge in [0.15, 0.2) is 0 Å². The van der Waals surface area contributed by atoms with Crippen molar-refractivity contribution >= 4 is 11.3 Å². The van der Waals surface area contributed by atoms with Gasteiger partial charge in [-0.3, -0.25) is 0 Å². The van der Waals surface area contributed by atoms with E-state index in [1.54, 1.807) is 18.4 Å². The molecule has 0 N–H and O–H groups in total. The van der Waals surface area contributed by atoms with Crippen LogP contribution in [0.5, 0.6) is 5.19 Å². The average molecular weight is 171 g/mol. The summed E-state index contributed by atoms with van der Waals surface area (Å²) in [4.78, 5) is 4.30. The lowest BCUT2D eigenvalue weighted by Gasteiger charge is -2.13. The summed E-state index contributed by atoms with van der Waals surface area (Å²) >= 11 is 1.54. The molecule has 0 bridgehead atoms. The Hall–Kier alpha value is -0.570. The molecule has 2 nitrogen and oxygen atoms in total. The second-order valence-electron chi connectivity index (χ2n) is 3.45. The molecular weight excluding hydrogens is 158 g/mol. The van der Waals surface area contributed by atoms with Crippen LogP contribution in [0, 0.1) is 0 Å². The molecular formula is C8H13NOS. The van der Waals surface area contributed by atoms with Crippen LogP contribution >= 0.6 is 11.3 Å². The number of methoxy groups -OCH3 is 1. The molecule has 0 aliphatic heterocycles. The van der Waals surface area contributed by atoms with Gasteiger partial charge >= 0.3 is 0 Å². The normalized spacial score (nSPS) is 11.6. The number of rotatable bonds is 1. The lowest BCUT2D eigenvalue weighted by molar-refractivity contribution is 0.407. The van der Waals surface area contributed by atoms with Gasteiger partial charge in [-0.15, -0.1) is 0 Å². The predicted octanol–water partition coefficient (Wildman–Crippen LogP) is 2.45. The molecule has 0 atom stereocenters. The zero-order valence-corrected chi connectivity index (χ0v) is 8.16. The standard InChI is InChI=1S/C8H13NOS/c1-8(2,3)6-5-11-7(9-6)10-4/h5H,1-4H3. The molecule has 0 spiro atoms. The van der Waals surface area contributed by atoms with Crippen LogP contribution in [0.2, 0.25) is 0 Å². The van der Waals surface area contributed by atoms with Crippen LogP contribution in [0.4, 0.5) is 0 Å². The van der Waals surface area contributed by atoms with E-state index in [1.807, 2.05) is 5.38 Å². The van der Waals surface area contributed by atoms with Crippen molar-refractivity contribution in [1.29, 1.82) is 0 Å². The molecule has 0 radical (unpaired) electrons. The van der Waals surface area contributed by atoms with Crippen molar-refractivity contribution in [3.05, 3.63) is 11.1 Å². The van der Waals surface area contributed by atoms with Crippen LogP contribution in [0.3, 0.4) is 0 Å². The van der Waals surface area contributed by atoms with Crippen molar-refractivity contribution in [3.63, 3.8) is 0 Å². The summed E-state index contributed by atoms with van der Waals surface area (Å²) in [5, 5.41) is 2.79. The quantitative estimate of drug-likeness (QED) is 0.647. The smallest absolute Gasteiger partial charge is 0.273 e. The van der Waals surface area contributed by atoms with E-state index in [4.69, 9.17) is 4.74 Å². The fourth-order valence-electron chi connectivity index (χ4n) is 0.696. The van der Waals surface area contributed by atoms with Gasteiger partial charge in [0, 0.05) is 10.8 Å². The second-order valence-corrected chi connectivity index (χ2v) is 4.27. The van der Waals surface area contributed by atoms with E-state index in [2.05, 4.69) is 25.8 Å². The monoisotopic (exact) mass is 171 g/mol. The number of nitrogens with zero attached hydrogens (tertiary/aromatic N) is 1. The third kappa shape index (κ3) is 1.93. The molecule has 0 fully saturated rings. The number of hydrogen-bond donors (Lipinski definition) is 0. The highest BCUT2D eigenvalue weighted by atomic mass is 32.1. The van der Waals surface area contributed by atoms with Crippen molar-refractivity contribution in [2.24, 2.45) is 0 Å². The molecule has 0 aliphatic carbocycles. The molecule has 0 saturated carbocycles. The molecule has 1 rings (SSSR count). The summed E-state index contributed by atoms with van der Waals surface area (Å²) in [5.74, 6) is 0. The molecule has 0 unspecified atom stereocenters. The van der Waals surface area contributed by atoms with Crippen LogP contribution in [-0.2, 0) is 5.41 Å². The Balaban J connectivity index is 2.89. The topological polar surface area (TPSA) is 22.1 Å². The van der Waals surface area contributed by atoms with Crippen molar-refractivity contribution in [2.45, 2.75) is 26.2 Å². The van der Waals surface area contributed by atoms with Gasteiger partial charge in [-0.25, -0.2) is 4.98 Å². The average Bonchev–Trinajstić information content (AvgIpc) is 2.32. The maximum Gasteiger partial charge on any atom is 0.273 e. The lowest BCUT2D eigenvalue weighted by Crippen LogP contribution is -2.11. The molecule has 1 heterocycles. The highest BCUT2D eigenvalue weighted by molar-refractivity contribution is 7.11. The van der Waals surface area contributed by atoms with Gasteiger partial charge in [-0.1, -0.05) is 32.1 Å². The number of thiazole rings is 1. The van der Waals surface area contributed by atoms with Gasteiger partial charge in [0.25, 0.3) is 5.19 Å². The molecule has 1 aromatic rings. The van der Waals surface area contributed by atoms with Gasteiger partial charge in [-0.2, -0.15) is 0 Å². The van der Waals surface area contributed by atoms with Crippen LogP contribution < -0.4 is 4.74 Å². The number of ether oxygens (including phenoxy) is 1. The maximum atomic E-state index is 5.00. The van der Waals surface area contributed by atoms with Crippen LogP contribution in [-0.4, -0.2) is 12.1 Å². The van der Waals surface area contributed by atoms with E-state index >= 15 is 0 Å². The zero-order chi connectivity index (χ0) is 8.48. The summed E-state index contributed by atoms with van der Waals surface area (Å²) in [7, 11) is 1.64. The van der Waals surface area contributed by atoms with Crippen molar-refractivity contribution in [1.82, 2.24) is 4.98 Å². The van der Waals surface area contributed by atoms with E-state index in [0.717, 1.165) is 10.9 Å². The zero-order valence-electron chi connectivity index (χ0n) is 7.34. The van der Waals surface area contributed by atoms with Gasteiger partial charge in [-0.05, 0) is 0 Å². The van der Waals surface area contributed by atoms with E-state index in [9.17, 15) is 0 Å². The molecule has 0 amide bonds. The Kier molecular flexibility index (Phi) is 2.18. The van der Waals surface area contributed by atoms with Crippen molar-refractivity contribution in [3.8, 4) is 5.19 Å². The van der Waals surface area contributed by atoms with Crippen LogP contribution in [0.15, 0.2) is 5.38 Å². The minimum atomic E-state index is 0.132. The van der Waals surface area contributed by atoms with Crippen LogP contribution in [0.1, 0.15) is 26.5 Å². The number of aromatic nitrogens is 1. The first kappa shape index (κ1) is 8.53. The molecule has 62 valence electrons. The van der Waals surface area contributed by atoms with E-state index in [0.29, 0.717) is 0 Å². The number of hydrogen-bond acceptors (Lipinski definition) is 3. The van der Waals surface area contributed by atoms with E-state index in [-0.39, 0.29) is 5.41 Å². The lowest BCUT2D eigenvalue weighted by atomic mass is 9.93. The Morgan fingerprint density at radius 3 is 2.36 bits per heavy atom. The Bertz CT molecular complexity index is 236. The summed E-state index contributed by atoms with van der Waals surface area (Å²) in [6.45, 7) is 6.42. The SMILES string of the molecule is COc1nc(C(C)(C)C)cs1. The van der Waals surface area contributed by atoms with Gasteiger partial charge in [0.1, 0.15) is 0 Å². The summed E-state index contributed by atoms with van der Waals surface area (Å²) in [6.07, 6.45) is 0. The third-order valence-electron chi connectivity index (χ3n) is 1.43. The molecule has 1 aromatic heterocycles. The summed E-state index contributed by atoms with van der Waals surface area (Å²) < 4.78 is 5.00. The predicted molar refractivity (Wildman–Crippen MR) is 47.4 cm³/mol. The largest absolute Gasteiger partial charge is 0.473 e. The molecule has 11 heavy (non-hydrogen) atoms. The summed E-state index contributed by atoms with van der Waals surface area (Å²) in [6, 6.07) is 0. The first-order chi connectivity index (χ1) is 5.04. The third-order valence-corrected chi connectivity index (χ3v) is 2.23. The Morgan fingerprint density at radius 2 is 2.09 bits per heavy atom. The molecule has 0 saturated heterocycles. The molecule has 0 aliphatic rings. The highest BCUT2D eigenvalue weighted by Gasteiger charge is 2.17. The van der Waals surface area contributed by atoms with Crippen LogP contribution in [0.25, 0.3) is 0 Å². The Morgan fingerprint density at radius 1 is 1.45 bits per heavy atom. The van der Waals surface area contributed by atoms with Gasteiger partial charge < -0.3 is 4.74 Å². The summed E-state index contributed by atoms with van der Waals surface area (Å²) in [5.41, 5.74) is 1.23. The van der Waals surface area contributed by atoms with Crippen molar-refractivity contribution < 1.29 is 4.74 Å².